The van der Waals surface area contributed by atoms with Crippen LogP contribution in [-0.4, -0.2) is 26.2 Å². The number of hydrogen-bond acceptors (Lipinski definition) is 3. The Balaban J connectivity index is 0.000000924. The predicted octanol–water partition coefficient (Wildman–Crippen LogP) is 4.07. The number of piperazine rings is 1. The number of hydrogen-bond donors (Lipinski definition) is 1. The van der Waals surface area contributed by atoms with Crippen LogP contribution in [0.1, 0.15) is 19.4 Å². The lowest BCUT2D eigenvalue weighted by Gasteiger charge is -2.38. The molecule has 2 aromatic carbocycles. The molecular weight excluding hydrogens is 289 g/mol. The summed E-state index contributed by atoms with van der Waals surface area (Å²) in [7, 11) is 0. The average molecular weight is 315 g/mol. The van der Waals surface area contributed by atoms with Crippen LogP contribution < -0.4 is 15.5 Å². The lowest BCUT2D eigenvalue weighted by atomic mass is 10.1. The first-order chi connectivity index (χ1) is 11.1. The molecule has 0 saturated carbocycles. The Bertz CT molecular complexity index is 634. The minimum Gasteiger partial charge on any atom is -0.397 e. The van der Waals surface area contributed by atoms with E-state index in [0.29, 0.717) is 5.69 Å². The molecule has 3 rings (SSSR count). The number of halogens is 1. The summed E-state index contributed by atoms with van der Waals surface area (Å²) in [6.45, 7) is 9.20. The van der Waals surface area contributed by atoms with Gasteiger partial charge in [0.1, 0.15) is 5.82 Å². The Morgan fingerprint density at radius 2 is 1.43 bits per heavy atom. The molecule has 0 amide bonds. The Morgan fingerprint density at radius 3 is 2.00 bits per heavy atom. The Morgan fingerprint density at radius 1 is 0.870 bits per heavy atom. The summed E-state index contributed by atoms with van der Waals surface area (Å²) in [6, 6.07) is 13.3. The molecule has 4 heteroatoms. The largest absolute Gasteiger partial charge is 0.397 e. The normalized spacial score (nSPS) is 14.3. The van der Waals surface area contributed by atoms with Gasteiger partial charge in [-0.25, -0.2) is 4.39 Å². The van der Waals surface area contributed by atoms with E-state index >= 15 is 0 Å². The number of rotatable bonds is 2. The van der Waals surface area contributed by atoms with Crippen LogP contribution in [0.5, 0.6) is 0 Å². The Kier molecular flexibility index (Phi) is 5.85. The van der Waals surface area contributed by atoms with Crippen molar-refractivity contribution >= 4 is 17.1 Å². The van der Waals surface area contributed by atoms with Gasteiger partial charge in [0.05, 0.1) is 17.1 Å². The first kappa shape index (κ1) is 17.1. The van der Waals surface area contributed by atoms with Gasteiger partial charge in [-0.05, 0) is 36.8 Å². The average Bonchev–Trinajstić information content (AvgIpc) is 2.58. The van der Waals surface area contributed by atoms with Crippen LogP contribution in [0.3, 0.4) is 0 Å². The molecule has 0 radical (unpaired) electrons. The fraction of sp³-hybridized carbons (Fsp3) is 0.368. The van der Waals surface area contributed by atoms with Crippen LogP contribution in [0.15, 0.2) is 42.5 Å². The molecule has 1 fully saturated rings. The number of benzene rings is 2. The highest BCUT2D eigenvalue weighted by Gasteiger charge is 2.20. The summed E-state index contributed by atoms with van der Waals surface area (Å²) in [5, 5.41) is 0. The molecule has 2 aromatic rings. The van der Waals surface area contributed by atoms with Gasteiger partial charge in [-0.1, -0.05) is 32.0 Å². The fourth-order valence-corrected chi connectivity index (χ4v) is 2.83. The lowest BCUT2D eigenvalue weighted by molar-refractivity contribution is 0.597. The van der Waals surface area contributed by atoms with Gasteiger partial charge in [0.2, 0.25) is 0 Å². The highest BCUT2D eigenvalue weighted by Crippen LogP contribution is 2.26. The number of para-hydroxylation sites is 2. The van der Waals surface area contributed by atoms with Gasteiger partial charge in [-0.15, -0.1) is 0 Å². The lowest BCUT2D eigenvalue weighted by Crippen LogP contribution is -2.47. The number of nitrogen functional groups attached to an aromatic ring is 1. The summed E-state index contributed by atoms with van der Waals surface area (Å²) in [5.74, 6) is -0.136. The summed E-state index contributed by atoms with van der Waals surface area (Å²) in [6.07, 6.45) is 0. The summed E-state index contributed by atoms with van der Waals surface area (Å²) in [5.41, 5.74) is 9.54. The zero-order valence-corrected chi connectivity index (χ0v) is 14.2. The van der Waals surface area contributed by atoms with Crippen LogP contribution >= 0.6 is 0 Å². The second-order valence-corrected chi connectivity index (χ2v) is 5.49. The van der Waals surface area contributed by atoms with Crippen molar-refractivity contribution in [2.75, 3.05) is 41.7 Å². The van der Waals surface area contributed by atoms with E-state index in [1.54, 1.807) is 6.07 Å². The second kappa shape index (κ2) is 7.86. The first-order valence-corrected chi connectivity index (χ1v) is 8.26. The van der Waals surface area contributed by atoms with E-state index in [1.165, 1.54) is 0 Å². The molecule has 0 aromatic heterocycles. The number of nitrogens with two attached hydrogens (primary N) is 1. The number of aryl methyl sites for hydroxylation is 1. The molecular formula is C19H26FN3. The van der Waals surface area contributed by atoms with Gasteiger partial charge >= 0.3 is 0 Å². The Labute approximate surface area is 138 Å². The molecule has 1 heterocycles. The van der Waals surface area contributed by atoms with E-state index in [4.69, 9.17) is 5.73 Å². The smallest absolute Gasteiger partial charge is 0.146 e. The molecule has 3 nitrogen and oxygen atoms in total. The topological polar surface area (TPSA) is 32.5 Å². The van der Waals surface area contributed by atoms with Crippen molar-refractivity contribution in [2.24, 2.45) is 0 Å². The first-order valence-electron chi connectivity index (χ1n) is 8.26. The van der Waals surface area contributed by atoms with Crippen LogP contribution in [-0.2, 0) is 0 Å². The summed E-state index contributed by atoms with van der Waals surface area (Å²) >= 11 is 0. The van der Waals surface area contributed by atoms with Crippen molar-refractivity contribution in [2.45, 2.75) is 20.8 Å². The van der Waals surface area contributed by atoms with Crippen molar-refractivity contribution in [3.05, 3.63) is 53.8 Å². The van der Waals surface area contributed by atoms with E-state index in [0.717, 1.165) is 43.1 Å². The van der Waals surface area contributed by atoms with Crippen molar-refractivity contribution < 1.29 is 4.39 Å². The van der Waals surface area contributed by atoms with Crippen molar-refractivity contribution in [3.63, 3.8) is 0 Å². The number of anilines is 3. The molecule has 1 aliphatic rings. The van der Waals surface area contributed by atoms with Gasteiger partial charge in [0.25, 0.3) is 0 Å². The third kappa shape index (κ3) is 3.95. The molecule has 23 heavy (non-hydrogen) atoms. The van der Waals surface area contributed by atoms with E-state index in [9.17, 15) is 4.39 Å². The van der Waals surface area contributed by atoms with Crippen molar-refractivity contribution in [1.82, 2.24) is 0 Å². The SMILES string of the molecule is CC.Cc1ccc(N2CCN(c3ccccc3N)CC2)c(F)c1. The highest BCUT2D eigenvalue weighted by atomic mass is 19.1. The van der Waals surface area contributed by atoms with Crippen LogP contribution in [0.25, 0.3) is 0 Å². The quantitative estimate of drug-likeness (QED) is 0.848. The van der Waals surface area contributed by atoms with Gasteiger partial charge in [-0.2, -0.15) is 0 Å². The van der Waals surface area contributed by atoms with Gasteiger partial charge < -0.3 is 15.5 Å². The van der Waals surface area contributed by atoms with Crippen molar-refractivity contribution in [1.29, 1.82) is 0 Å². The van der Waals surface area contributed by atoms with Crippen LogP contribution in [0.2, 0.25) is 0 Å². The third-order valence-electron chi connectivity index (χ3n) is 4.00. The monoisotopic (exact) mass is 315 g/mol. The molecule has 1 aliphatic heterocycles. The second-order valence-electron chi connectivity index (χ2n) is 5.49. The van der Waals surface area contributed by atoms with Gasteiger partial charge in [0, 0.05) is 26.2 Å². The molecule has 1 saturated heterocycles. The molecule has 0 spiro atoms. The van der Waals surface area contributed by atoms with E-state index in [2.05, 4.69) is 9.80 Å². The van der Waals surface area contributed by atoms with Gasteiger partial charge in [-0.3, -0.25) is 0 Å². The summed E-state index contributed by atoms with van der Waals surface area (Å²) in [4.78, 5) is 4.36. The summed E-state index contributed by atoms with van der Waals surface area (Å²) < 4.78 is 14.0. The molecule has 0 aliphatic carbocycles. The van der Waals surface area contributed by atoms with E-state index < -0.39 is 0 Å². The minimum absolute atomic E-state index is 0.136. The number of nitrogens with zero attached hydrogens (tertiary/aromatic N) is 2. The highest BCUT2D eigenvalue weighted by molar-refractivity contribution is 5.68. The fourth-order valence-electron chi connectivity index (χ4n) is 2.83. The van der Waals surface area contributed by atoms with Crippen LogP contribution in [0, 0.1) is 12.7 Å². The van der Waals surface area contributed by atoms with Gasteiger partial charge in [0.15, 0.2) is 0 Å². The van der Waals surface area contributed by atoms with E-state index in [1.807, 2.05) is 57.2 Å². The third-order valence-corrected chi connectivity index (χ3v) is 4.00. The standard InChI is InChI=1S/C17H20FN3.C2H6/c1-13-6-7-16(14(18)12-13)20-8-10-21(11-9-20)17-5-3-2-4-15(17)19;1-2/h2-7,12H,8-11,19H2,1H3;1-2H3. The minimum atomic E-state index is -0.136. The maximum absolute atomic E-state index is 14.0. The molecule has 0 atom stereocenters. The maximum Gasteiger partial charge on any atom is 0.146 e. The van der Waals surface area contributed by atoms with E-state index in [-0.39, 0.29) is 5.82 Å². The predicted molar refractivity (Wildman–Crippen MR) is 97.8 cm³/mol. The Hall–Kier alpha value is -2.23. The molecule has 0 bridgehead atoms. The zero-order chi connectivity index (χ0) is 16.8. The molecule has 124 valence electrons. The molecule has 0 unspecified atom stereocenters. The van der Waals surface area contributed by atoms with Crippen LogP contribution in [0.4, 0.5) is 21.5 Å². The maximum atomic E-state index is 14.0. The zero-order valence-electron chi connectivity index (χ0n) is 14.2. The van der Waals surface area contributed by atoms with Crippen molar-refractivity contribution in [3.8, 4) is 0 Å². The molecule has 2 N–H and O–H groups in total.